The summed E-state index contributed by atoms with van der Waals surface area (Å²) in [5.74, 6) is 1.03. The van der Waals surface area contributed by atoms with Crippen molar-refractivity contribution in [2.24, 2.45) is 5.92 Å². The van der Waals surface area contributed by atoms with Crippen molar-refractivity contribution < 1.29 is 0 Å². The number of hydrogen-bond donors (Lipinski definition) is 1. The third kappa shape index (κ3) is 5.55. The first-order valence-electron chi connectivity index (χ1n) is 7.10. The number of nitrogens with one attached hydrogen (secondary N) is 1. The molecule has 0 bridgehead atoms. The summed E-state index contributed by atoms with van der Waals surface area (Å²) in [4.78, 5) is 0. The molecule has 1 nitrogen and oxygen atoms in total. The Morgan fingerprint density at radius 1 is 0.933 bits per heavy atom. The zero-order valence-electron chi connectivity index (χ0n) is 10.7. The van der Waals surface area contributed by atoms with Crippen LogP contribution in [0.25, 0.3) is 0 Å². The van der Waals surface area contributed by atoms with Crippen LogP contribution in [0.5, 0.6) is 0 Å². The third-order valence-electron chi connectivity index (χ3n) is 3.89. The van der Waals surface area contributed by atoms with Crippen LogP contribution < -0.4 is 5.32 Å². The van der Waals surface area contributed by atoms with Crippen LogP contribution in [-0.4, -0.2) is 12.6 Å². The van der Waals surface area contributed by atoms with E-state index in [9.17, 15) is 0 Å². The molecule has 1 aliphatic carbocycles. The molecule has 1 heteroatoms. The van der Waals surface area contributed by atoms with Gasteiger partial charge in [-0.2, -0.15) is 0 Å². The monoisotopic (exact) mass is 211 g/mol. The van der Waals surface area contributed by atoms with Gasteiger partial charge in [-0.15, -0.1) is 0 Å². The fraction of sp³-hybridized carbons (Fsp3) is 1.00. The van der Waals surface area contributed by atoms with E-state index in [1.807, 2.05) is 0 Å². The van der Waals surface area contributed by atoms with Gasteiger partial charge in [-0.25, -0.2) is 0 Å². The molecule has 0 saturated heterocycles. The first kappa shape index (κ1) is 13.0. The number of unbranched alkanes of at least 4 members (excludes halogenated alkanes) is 3. The summed E-state index contributed by atoms with van der Waals surface area (Å²) in [6, 6.07) is 0.842. The molecular formula is C14H29N. The van der Waals surface area contributed by atoms with Crippen molar-refractivity contribution in [1.29, 1.82) is 0 Å². The van der Waals surface area contributed by atoms with E-state index >= 15 is 0 Å². The van der Waals surface area contributed by atoms with Crippen molar-refractivity contribution >= 4 is 0 Å². The Morgan fingerprint density at radius 2 is 1.67 bits per heavy atom. The standard InChI is InChI=1S/C14H29N/c1-3-5-6-7-12-15-14-10-8-13(4-2)9-11-14/h13-15H,3-12H2,1-2H3. The second-order valence-electron chi connectivity index (χ2n) is 5.14. The second-order valence-corrected chi connectivity index (χ2v) is 5.14. The summed E-state index contributed by atoms with van der Waals surface area (Å²) < 4.78 is 0. The van der Waals surface area contributed by atoms with E-state index in [2.05, 4.69) is 19.2 Å². The summed E-state index contributed by atoms with van der Waals surface area (Å²) in [7, 11) is 0. The Kier molecular flexibility index (Phi) is 7.08. The fourth-order valence-electron chi connectivity index (χ4n) is 2.63. The van der Waals surface area contributed by atoms with Gasteiger partial charge in [0.15, 0.2) is 0 Å². The van der Waals surface area contributed by atoms with Gasteiger partial charge in [0.2, 0.25) is 0 Å². The van der Waals surface area contributed by atoms with E-state index in [0.717, 1.165) is 12.0 Å². The van der Waals surface area contributed by atoms with Crippen LogP contribution in [-0.2, 0) is 0 Å². The maximum absolute atomic E-state index is 3.73. The summed E-state index contributed by atoms with van der Waals surface area (Å²) >= 11 is 0. The van der Waals surface area contributed by atoms with Crippen LogP contribution in [0.4, 0.5) is 0 Å². The minimum absolute atomic E-state index is 0.842. The lowest BCUT2D eigenvalue weighted by molar-refractivity contribution is 0.285. The van der Waals surface area contributed by atoms with Crippen molar-refractivity contribution in [2.45, 2.75) is 77.7 Å². The predicted molar refractivity (Wildman–Crippen MR) is 68.2 cm³/mol. The summed E-state index contributed by atoms with van der Waals surface area (Å²) in [5, 5.41) is 3.73. The maximum atomic E-state index is 3.73. The molecule has 1 saturated carbocycles. The van der Waals surface area contributed by atoms with Gasteiger partial charge in [-0.1, -0.05) is 39.5 Å². The van der Waals surface area contributed by atoms with Gasteiger partial charge in [-0.3, -0.25) is 0 Å². The Balaban J connectivity index is 1.94. The summed E-state index contributed by atoms with van der Waals surface area (Å²) in [6.45, 7) is 5.87. The third-order valence-corrected chi connectivity index (χ3v) is 3.89. The molecule has 0 aliphatic heterocycles. The molecule has 1 N–H and O–H groups in total. The van der Waals surface area contributed by atoms with Crippen molar-refractivity contribution in [2.75, 3.05) is 6.54 Å². The van der Waals surface area contributed by atoms with Crippen LogP contribution in [0, 0.1) is 5.92 Å². The van der Waals surface area contributed by atoms with E-state index in [4.69, 9.17) is 0 Å². The quantitative estimate of drug-likeness (QED) is 0.624. The van der Waals surface area contributed by atoms with Gasteiger partial charge >= 0.3 is 0 Å². The van der Waals surface area contributed by atoms with Crippen LogP contribution in [0.1, 0.15) is 71.6 Å². The molecule has 0 aromatic carbocycles. The van der Waals surface area contributed by atoms with Gasteiger partial charge in [0.05, 0.1) is 0 Å². The van der Waals surface area contributed by atoms with E-state index in [1.54, 1.807) is 0 Å². The zero-order valence-corrected chi connectivity index (χ0v) is 10.7. The van der Waals surface area contributed by atoms with E-state index < -0.39 is 0 Å². The minimum Gasteiger partial charge on any atom is -0.314 e. The van der Waals surface area contributed by atoms with Crippen molar-refractivity contribution in [1.82, 2.24) is 5.32 Å². The van der Waals surface area contributed by atoms with Crippen LogP contribution >= 0.6 is 0 Å². The first-order valence-corrected chi connectivity index (χ1v) is 7.10. The molecule has 0 atom stereocenters. The van der Waals surface area contributed by atoms with Crippen molar-refractivity contribution in [3.05, 3.63) is 0 Å². The lowest BCUT2D eigenvalue weighted by atomic mass is 9.84. The Hall–Kier alpha value is -0.0400. The lowest BCUT2D eigenvalue weighted by Crippen LogP contribution is -2.33. The molecule has 1 aliphatic rings. The molecule has 0 aromatic rings. The first-order chi connectivity index (χ1) is 7.36. The molecule has 0 amide bonds. The summed E-state index contributed by atoms with van der Waals surface area (Å²) in [5.41, 5.74) is 0. The molecule has 0 aromatic heterocycles. The average Bonchev–Trinajstić information content (AvgIpc) is 2.30. The normalized spacial score (nSPS) is 26.8. The second kappa shape index (κ2) is 8.15. The number of rotatable bonds is 7. The van der Waals surface area contributed by atoms with Gasteiger partial charge in [0.25, 0.3) is 0 Å². The molecule has 0 unspecified atom stereocenters. The molecular weight excluding hydrogens is 182 g/mol. The molecule has 0 heterocycles. The van der Waals surface area contributed by atoms with Crippen LogP contribution in [0.15, 0.2) is 0 Å². The predicted octanol–water partition coefficient (Wildman–Crippen LogP) is 4.13. The van der Waals surface area contributed by atoms with Gasteiger partial charge in [0.1, 0.15) is 0 Å². The highest BCUT2D eigenvalue weighted by Gasteiger charge is 2.18. The van der Waals surface area contributed by atoms with E-state index in [0.29, 0.717) is 0 Å². The lowest BCUT2D eigenvalue weighted by Gasteiger charge is -2.28. The maximum Gasteiger partial charge on any atom is 0.00672 e. The van der Waals surface area contributed by atoms with Crippen LogP contribution in [0.2, 0.25) is 0 Å². The van der Waals surface area contributed by atoms with Gasteiger partial charge in [-0.05, 0) is 44.6 Å². The fourth-order valence-corrected chi connectivity index (χ4v) is 2.63. The molecule has 0 radical (unpaired) electrons. The summed E-state index contributed by atoms with van der Waals surface area (Å²) in [6.07, 6.45) is 12.7. The smallest absolute Gasteiger partial charge is 0.00672 e. The molecule has 0 spiro atoms. The van der Waals surface area contributed by atoms with E-state index in [1.165, 1.54) is 64.3 Å². The zero-order chi connectivity index (χ0) is 10.9. The Labute approximate surface area is 96.0 Å². The van der Waals surface area contributed by atoms with Gasteiger partial charge in [0, 0.05) is 6.04 Å². The molecule has 90 valence electrons. The Morgan fingerprint density at radius 3 is 2.27 bits per heavy atom. The molecule has 1 fully saturated rings. The van der Waals surface area contributed by atoms with E-state index in [-0.39, 0.29) is 0 Å². The molecule has 1 rings (SSSR count). The van der Waals surface area contributed by atoms with Gasteiger partial charge < -0.3 is 5.32 Å². The van der Waals surface area contributed by atoms with Crippen LogP contribution in [0.3, 0.4) is 0 Å². The average molecular weight is 211 g/mol. The molecule has 15 heavy (non-hydrogen) atoms. The largest absolute Gasteiger partial charge is 0.314 e. The SMILES string of the molecule is CCCCCCNC1CCC(CC)CC1. The van der Waals surface area contributed by atoms with Crippen molar-refractivity contribution in [3.8, 4) is 0 Å². The topological polar surface area (TPSA) is 12.0 Å². The number of hydrogen-bond acceptors (Lipinski definition) is 1. The highest BCUT2D eigenvalue weighted by atomic mass is 14.9. The highest BCUT2D eigenvalue weighted by Crippen LogP contribution is 2.26. The highest BCUT2D eigenvalue weighted by molar-refractivity contribution is 4.76. The minimum atomic E-state index is 0.842. The Bertz CT molecular complexity index is 136. The van der Waals surface area contributed by atoms with Crippen molar-refractivity contribution in [3.63, 3.8) is 0 Å².